The summed E-state index contributed by atoms with van der Waals surface area (Å²) >= 11 is 0. The lowest BCUT2D eigenvalue weighted by atomic mass is 9.98. The molecule has 0 aromatic carbocycles. The highest BCUT2D eigenvalue weighted by Gasteiger charge is 2.24. The van der Waals surface area contributed by atoms with Crippen LogP contribution in [0.5, 0.6) is 0 Å². The number of rotatable bonds is 8. The van der Waals surface area contributed by atoms with Crippen molar-refractivity contribution in [2.24, 2.45) is 11.8 Å². The summed E-state index contributed by atoms with van der Waals surface area (Å²) in [4.78, 5) is 11.1. The highest BCUT2D eigenvalue weighted by molar-refractivity contribution is 7.89. The summed E-state index contributed by atoms with van der Waals surface area (Å²) in [5.74, 6) is -1.55. The topological polar surface area (TPSA) is 101 Å². The molecule has 0 fully saturated rings. The predicted molar refractivity (Wildman–Crippen MR) is 73.7 cm³/mol. The molecule has 1 atom stereocenters. The number of carboxylic acid groups (broad SMARTS) is 1. The van der Waals surface area contributed by atoms with Gasteiger partial charge in [0.1, 0.15) is 0 Å². The molecule has 20 heavy (non-hydrogen) atoms. The molecular weight excluding hydrogens is 282 g/mol. The van der Waals surface area contributed by atoms with Crippen molar-refractivity contribution in [3.05, 3.63) is 12.3 Å². The third-order valence-electron chi connectivity index (χ3n) is 2.88. The minimum atomic E-state index is -3.74. The lowest BCUT2D eigenvalue weighted by molar-refractivity contribution is -0.142. The average Bonchev–Trinajstić information content (AvgIpc) is 2.82. The molecular formula is C12H21N3O4S. The van der Waals surface area contributed by atoms with Crippen molar-refractivity contribution < 1.29 is 18.3 Å². The van der Waals surface area contributed by atoms with Crippen LogP contribution >= 0.6 is 0 Å². The van der Waals surface area contributed by atoms with Crippen LogP contribution in [-0.2, 0) is 21.4 Å². The Morgan fingerprint density at radius 1 is 1.50 bits per heavy atom. The number of carbonyl (C=O) groups is 1. The molecule has 0 aliphatic heterocycles. The zero-order valence-corrected chi connectivity index (χ0v) is 12.7. The normalized spacial score (nSPS) is 13.6. The highest BCUT2D eigenvalue weighted by Crippen LogP contribution is 2.13. The second-order valence-electron chi connectivity index (χ2n) is 5.00. The van der Waals surface area contributed by atoms with E-state index in [9.17, 15) is 13.2 Å². The molecule has 1 unspecified atom stereocenters. The van der Waals surface area contributed by atoms with Gasteiger partial charge in [0.25, 0.3) is 10.0 Å². The van der Waals surface area contributed by atoms with Gasteiger partial charge in [-0.3, -0.25) is 9.48 Å². The van der Waals surface area contributed by atoms with Crippen LogP contribution in [-0.4, -0.2) is 35.8 Å². The molecule has 7 nitrogen and oxygen atoms in total. The third kappa shape index (κ3) is 4.31. The number of aryl methyl sites for hydroxylation is 1. The van der Waals surface area contributed by atoms with Crippen LogP contribution in [0.4, 0.5) is 0 Å². The first-order valence-electron chi connectivity index (χ1n) is 6.52. The quantitative estimate of drug-likeness (QED) is 0.744. The predicted octanol–water partition coefficient (Wildman–Crippen LogP) is 0.928. The maximum absolute atomic E-state index is 12.1. The van der Waals surface area contributed by atoms with Gasteiger partial charge < -0.3 is 5.11 Å². The Morgan fingerprint density at radius 2 is 2.15 bits per heavy atom. The summed E-state index contributed by atoms with van der Waals surface area (Å²) in [7, 11) is -3.74. The first-order chi connectivity index (χ1) is 9.27. The van der Waals surface area contributed by atoms with Crippen LogP contribution in [0.15, 0.2) is 17.3 Å². The highest BCUT2D eigenvalue weighted by atomic mass is 32.2. The monoisotopic (exact) mass is 303 g/mol. The van der Waals surface area contributed by atoms with Gasteiger partial charge in [-0.25, -0.2) is 13.1 Å². The van der Waals surface area contributed by atoms with Crippen LogP contribution in [0.3, 0.4) is 0 Å². The van der Waals surface area contributed by atoms with Crippen molar-refractivity contribution in [1.29, 1.82) is 0 Å². The Labute approximate surface area is 119 Å². The molecule has 0 bridgehead atoms. The Kier molecular flexibility index (Phi) is 5.70. The summed E-state index contributed by atoms with van der Waals surface area (Å²) in [6.45, 7) is 5.89. The summed E-state index contributed by atoms with van der Waals surface area (Å²) < 4.78 is 27.9. The van der Waals surface area contributed by atoms with Gasteiger partial charge >= 0.3 is 5.97 Å². The van der Waals surface area contributed by atoms with E-state index in [4.69, 9.17) is 5.11 Å². The summed E-state index contributed by atoms with van der Waals surface area (Å²) in [5.41, 5.74) is 0. The number of hydrogen-bond donors (Lipinski definition) is 2. The van der Waals surface area contributed by atoms with Crippen LogP contribution in [0.25, 0.3) is 0 Å². The first-order valence-corrected chi connectivity index (χ1v) is 8.00. The minimum Gasteiger partial charge on any atom is -0.481 e. The van der Waals surface area contributed by atoms with Crippen LogP contribution in [0, 0.1) is 11.8 Å². The smallest absolute Gasteiger partial charge is 0.307 e. The second kappa shape index (κ2) is 6.85. The van der Waals surface area contributed by atoms with E-state index in [0.29, 0.717) is 13.0 Å². The van der Waals surface area contributed by atoms with E-state index in [0.717, 1.165) is 0 Å². The van der Waals surface area contributed by atoms with Gasteiger partial charge in [-0.2, -0.15) is 5.10 Å². The van der Waals surface area contributed by atoms with E-state index >= 15 is 0 Å². The molecule has 0 saturated carbocycles. The minimum absolute atomic E-state index is 0.0497. The fourth-order valence-corrected chi connectivity index (χ4v) is 3.17. The molecule has 0 aliphatic rings. The zero-order valence-electron chi connectivity index (χ0n) is 11.9. The molecule has 0 radical (unpaired) electrons. The van der Waals surface area contributed by atoms with Crippen LogP contribution in [0.1, 0.15) is 27.2 Å². The van der Waals surface area contributed by atoms with Crippen molar-refractivity contribution in [3.8, 4) is 0 Å². The Bertz CT molecular complexity index is 551. The lowest BCUT2D eigenvalue weighted by Gasteiger charge is -2.15. The molecule has 114 valence electrons. The maximum Gasteiger partial charge on any atom is 0.307 e. The molecule has 1 heterocycles. The SMILES string of the molecule is CCn1nccc1S(=O)(=O)NCC(CC(C)C)C(=O)O. The summed E-state index contributed by atoms with van der Waals surface area (Å²) in [5, 5.41) is 13.0. The molecule has 0 aliphatic carbocycles. The third-order valence-corrected chi connectivity index (χ3v) is 4.32. The molecule has 1 aromatic heterocycles. The molecule has 0 spiro atoms. The number of nitrogens with one attached hydrogen (secondary N) is 1. The Hall–Kier alpha value is -1.41. The van der Waals surface area contributed by atoms with Gasteiger partial charge in [0, 0.05) is 13.1 Å². The van der Waals surface area contributed by atoms with Gasteiger partial charge in [0.05, 0.1) is 12.1 Å². The van der Waals surface area contributed by atoms with Crippen molar-refractivity contribution in [1.82, 2.24) is 14.5 Å². The Morgan fingerprint density at radius 3 is 2.65 bits per heavy atom. The molecule has 1 aromatic rings. The molecule has 1 rings (SSSR count). The molecule has 0 saturated heterocycles. The van der Waals surface area contributed by atoms with Gasteiger partial charge in [-0.15, -0.1) is 0 Å². The van der Waals surface area contributed by atoms with E-state index in [-0.39, 0.29) is 17.5 Å². The fraction of sp³-hybridized carbons (Fsp3) is 0.667. The summed E-state index contributed by atoms with van der Waals surface area (Å²) in [6, 6.07) is 1.39. The number of aliphatic carboxylic acids is 1. The standard InChI is InChI=1S/C12H21N3O4S/c1-4-15-11(5-6-13-15)20(18,19)14-8-10(12(16)17)7-9(2)3/h5-6,9-10,14H,4,7-8H2,1-3H3,(H,16,17). The van der Waals surface area contributed by atoms with E-state index in [1.165, 1.54) is 16.9 Å². The van der Waals surface area contributed by atoms with Gasteiger partial charge in [-0.1, -0.05) is 13.8 Å². The fourth-order valence-electron chi connectivity index (χ4n) is 1.91. The van der Waals surface area contributed by atoms with Crippen LogP contribution in [0.2, 0.25) is 0 Å². The van der Waals surface area contributed by atoms with Crippen molar-refractivity contribution in [3.63, 3.8) is 0 Å². The maximum atomic E-state index is 12.1. The van der Waals surface area contributed by atoms with E-state index in [2.05, 4.69) is 9.82 Å². The number of carboxylic acids is 1. The van der Waals surface area contributed by atoms with Crippen molar-refractivity contribution in [2.45, 2.75) is 38.8 Å². The second-order valence-corrected chi connectivity index (χ2v) is 6.72. The molecule has 2 N–H and O–H groups in total. The summed E-state index contributed by atoms with van der Waals surface area (Å²) in [6.07, 6.45) is 1.83. The number of nitrogens with zero attached hydrogens (tertiary/aromatic N) is 2. The number of hydrogen-bond acceptors (Lipinski definition) is 4. The largest absolute Gasteiger partial charge is 0.481 e. The van der Waals surface area contributed by atoms with Gasteiger partial charge in [0.2, 0.25) is 0 Å². The molecule has 0 amide bonds. The van der Waals surface area contributed by atoms with Crippen molar-refractivity contribution in [2.75, 3.05) is 6.54 Å². The lowest BCUT2D eigenvalue weighted by Crippen LogP contribution is -2.34. The van der Waals surface area contributed by atoms with E-state index in [1.807, 2.05) is 13.8 Å². The number of sulfonamides is 1. The van der Waals surface area contributed by atoms with E-state index < -0.39 is 21.9 Å². The van der Waals surface area contributed by atoms with Gasteiger partial charge in [0.15, 0.2) is 5.03 Å². The zero-order chi connectivity index (χ0) is 15.3. The molecule has 8 heteroatoms. The van der Waals surface area contributed by atoms with E-state index in [1.54, 1.807) is 6.92 Å². The average molecular weight is 303 g/mol. The van der Waals surface area contributed by atoms with Gasteiger partial charge in [-0.05, 0) is 25.3 Å². The first kappa shape index (κ1) is 16.6. The van der Waals surface area contributed by atoms with Crippen molar-refractivity contribution >= 4 is 16.0 Å². The van der Waals surface area contributed by atoms with Crippen LogP contribution < -0.4 is 4.72 Å². The number of aromatic nitrogens is 2. The Balaban J connectivity index is 2.79.